The summed E-state index contributed by atoms with van der Waals surface area (Å²) in [6.45, 7) is 0. The second kappa shape index (κ2) is 6.90. The molecule has 0 unspecified atom stereocenters. The molecule has 0 atom stereocenters. The van der Waals surface area contributed by atoms with E-state index in [1.807, 2.05) is 0 Å². The normalized spacial score (nSPS) is 11.6. The molecule has 0 fully saturated rings. The molecule has 0 bridgehead atoms. The van der Waals surface area contributed by atoms with E-state index in [2.05, 4.69) is 20.9 Å². The molecule has 0 spiro atoms. The van der Waals surface area contributed by atoms with Gasteiger partial charge in [-0.2, -0.15) is 13.2 Å². The van der Waals surface area contributed by atoms with Gasteiger partial charge in [0.2, 0.25) is 5.78 Å². The number of carbonyl (C=O) groups excluding carboxylic acids is 1. The first kappa shape index (κ1) is 18.1. The van der Waals surface area contributed by atoms with Gasteiger partial charge in [0.05, 0.1) is 21.8 Å². The average molecular weight is 447 g/mol. The zero-order valence-corrected chi connectivity index (χ0v) is 15.4. The molecule has 1 aromatic heterocycles. The van der Waals surface area contributed by atoms with Gasteiger partial charge in [-0.1, -0.05) is 39.7 Å². The van der Waals surface area contributed by atoms with E-state index < -0.39 is 11.7 Å². The number of carbonyl (C=O) groups is 1. The Morgan fingerprint density at radius 2 is 1.88 bits per heavy atom. The number of benzene rings is 2. The van der Waals surface area contributed by atoms with Crippen molar-refractivity contribution in [1.82, 2.24) is 4.98 Å². The predicted molar refractivity (Wildman–Crippen MR) is 95.1 cm³/mol. The van der Waals surface area contributed by atoms with Gasteiger partial charge in [0, 0.05) is 15.6 Å². The van der Waals surface area contributed by atoms with E-state index in [9.17, 15) is 18.0 Å². The van der Waals surface area contributed by atoms with Crippen LogP contribution in [0.15, 0.2) is 52.4 Å². The quantitative estimate of drug-likeness (QED) is 0.431. The highest BCUT2D eigenvalue weighted by molar-refractivity contribution is 9.10. The molecule has 0 aliphatic rings. The minimum absolute atomic E-state index is 0.196. The van der Waals surface area contributed by atoms with Gasteiger partial charge in [-0.3, -0.25) is 4.79 Å². The van der Waals surface area contributed by atoms with Crippen molar-refractivity contribution < 1.29 is 18.0 Å². The fourth-order valence-electron chi connectivity index (χ4n) is 2.27. The fraction of sp³-hybridized carbons (Fsp3) is 0.0588. The summed E-state index contributed by atoms with van der Waals surface area (Å²) in [4.78, 5) is 17.1. The Morgan fingerprint density at radius 3 is 2.56 bits per heavy atom. The number of halogens is 5. The summed E-state index contributed by atoms with van der Waals surface area (Å²) in [5.74, 6) is -0.378. The van der Waals surface area contributed by atoms with E-state index >= 15 is 0 Å². The van der Waals surface area contributed by atoms with Crippen molar-refractivity contribution in [3.05, 3.63) is 73.5 Å². The van der Waals surface area contributed by atoms with Crippen LogP contribution in [-0.2, 0) is 6.18 Å². The molecule has 2 nitrogen and oxygen atoms in total. The summed E-state index contributed by atoms with van der Waals surface area (Å²) in [6, 6.07) is 9.95. The molecule has 128 valence electrons. The maximum atomic E-state index is 13.0. The van der Waals surface area contributed by atoms with E-state index in [0.29, 0.717) is 0 Å². The lowest BCUT2D eigenvalue weighted by atomic mass is 10.0. The lowest BCUT2D eigenvalue weighted by molar-refractivity contribution is -0.137. The third-order valence-electron chi connectivity index (χ3n) is 3.39. The van der Waals surface area contributed by atoms with E-state index in [-0.39, 0.29) is 37.0 Å². The molecule has 0 N–H and O–H groups in total. The van der Waals surface area contributed by atoms with Crippen molar-refractivity contribution >= 4 is 44.7 Å². The van der Waals surface area contributed by atoms with Gasteiger partial charge < -0.3 is 0 Å². The number of alkyl halides is 3. The first-order chi connectivity index (χ1) is 11.8. The molecule has 0 aliphatic carbocycles. The van der Waals surface area contributed by atoms with Crippen LogP contribution in [0.4, 0.5) is 13.2 Å². The van der Waals surface area contributed by atoms with Crippen LogP contribution < -0.4 is 0 Å². The second-order valence-electron chi connectivity index (χ2n) is 5.07. The maximum absolute atomic E-state index is 13.0. The first-order valence-electron chi connectivity index (χ1n) is 6.88. The number of nitrogens with zero attached hydrogens (tertiary/aromatic N) is 1. The Hall–Kier alpha value is -1.70. The summed E-state index contributed by atoms with van der Waals surface area (Å²) < 4.78 is 39.4. The molecule has 2 aromatic carbocycles. The number of thiazole rings is 1. The van der Waals surface area contributed by atoms with Crippen LogP contribution in [0.1, 0.15) is 20.8 Å². The van der Waals surface area contributed by atoms with Gasteiger partial charge in [-0.05, 0) is 30.3 Å². The Labute approximate surface area is 158 Å². The minimum Gasteiger partial charge on any atom is -0.288 e. The molecule has 1 heterocycles. The molecular weight excluding hydrogens is 439 g/mol. The predicted octanol–water partition coefficient (Wildman–Crippen LogP) is 6.48. The lowest BCUT2D eigenvalue weighted by Crippen LogP contribution is -2.06. The Bertz CT molecular complexity index is 955. The number of rotatable bonds is 3. The summed E-state index contributed by atoms with van der Waals surface area (Å²) in [7, 11) is 0. The SMILES string of the molecule is O=C(c1ccccc1Cl)c1scnc1-c1cc(Br)cc(C(F)(F)F)c1. The van der Waals surface area contributed by atoms with Gasteiger partial charge in [-0.25, -0.2) is 4.98 Å². The van der Waals surface area contributed by atoms with Crippen molar-refractivity contribution in [2.45, 2.75) is 6.18 Å². The molecule has 0 saturated carbocycles. The zero-order chi connectivity index (χ0) is 18.2. The third-order valence-corrected chi connectivity index (χ3v) is 5.00. The van der Waals surface area contributed by atoms with Crippen LogP contribution in [0.2, 0.25) is 5.02 Å². The van der Waals surface area contributed by atoms with Crippen LogP contribution >= 0.6 is 38.9 Å². The van der Waals surface area contributed by atoms with Gasteiger partial charge in [0.15, 0.2) is 0 Å². The van der Waals surface area contributed by atoms with Crippen LogP contribution in [0, 0.1) is 0 Å². The van der Waals surface area contributed by atoms with E-state index in [4.69, 9.17) is 11.6 Å². The topological polar surface area (TPSA) is 30.0 Å². The summed E-state index contributed by atoms with van der Waals surface area (Å²) in [5, 5.41) is 0.275. The van der Waals surface area contributed by atoms with Crippen LogP contribution in [0.25, 0.3) is 11.3 Å². The lowest BCUT2D eigenvalue weighted by Gasteiger charge is -2.10. The van der Waals surface area contributed by atoms with Crippen LogP contribution in [0.5, 0.6) is 0 Å². The minimum atomic E-state index is -4.50. The van der Waals surface area contributed by atoms with Crippen molar-refractivity contribution in [3.8, 4) is 11.3 Å². The van der Waals surface area contributed by atoms with Crippen LogP contribution in [0.3, 0.4) is 0 Å². The molecule has 0 amide bonds. The number of ketones is 1. The molecule has 0 aliphatic heterocycles. The standard InChI is InChI=1S/C17H8BrClF3NOS/c18-11-6-9(5-10(7-11)17(20,21)22)14-16(25-8-23-14)15(24)12-3-1-2-4-13(12)19/h1-8H. The Balaban J connectivity index is 2.10. The average Bonchev–Trinajstić information content (AvgIpc) is 3.03. The zero-order valence-electron chi connectivity index (χ0n) is 12.3. The molecule has 0 radical (unpaired) electrons. The van der Waals surface area contributed by atoms with Crippen molar-refractivity contribution in [2.75, 3.05) is 0 Å². The van der Waals surface area contributed by atoms with Gasteiger partial charge >= 0.3 is 6.18 Å². The van der Waals surface area contributed by atoms with Crippen LogP contribution in [-0.4, -0.2) is 10.8 Å². The highest BCUT2D eigenvalue weighted by atomic mass is 79.9. The molecule has 0 saturated heterocycles. The third kappa shape index (κ3) is 3.78. The van der Waals surface area contributed by atoms with Crippen molar-refractivity contribution in [3.63, 3.8) is 0 Å². The number of hydrogen-bond acceptors (Lipinski definition) is 3. The fourth-order valence-corrected chi connectivity index (χ4v) is 3.75. The Kier molecular flexibility index (Phi) is 4.99. The number of aromatic nitrogens is 1. The van der Waals surface area contributed by atoms with Crippen molar-refractivity contribution in [1.29, 1.82) is 0 Å². The van der Waals surface area contributed by atoms with E-state index in [0.717, 1.165) is 23.5 Å². The van der Waals surface area contributed by atoms with Gasteiger partial charge in [0.1, 0.15) is 4.88 Å². The maximum Gasteiger partial charge on any atom is 0.416 e. The summed E-state index contributed by atoms with van der Waals surface area (Å²) in [5.41, 5.74) is 1.29. The largest absolute Gasteiger partial charge is 0.416 e. The molecule has 3 rings (SSSR count). The molecular formula is C17H8BrClF3NOS. The first-order valence-corrected chi connectivity index (χ1v) is 8.93. The molecule has 25 heavy (non-hydrogen) atoms. The highest BCUT2D eigenvalue weighted by Gasteiger charge is 2.32. The Morgan fingerprint density at radius 1 is 1.16 bits per heavy atom. The molecule has 3 aromatic rings. The monoisotopic (exact) mass is 445 g/mol. The second-order valence-corrected chi connectivity index (χ2v) is 7.24. The molecule has 8 heteroatoms. The van der Waals surface area contributed by atoms with E-state index in [1.54, 1.807) is 24.3 Å². The smallest absolute Gasteiger partial charge is 0.288 e. The van der Waals surface area contributed by atoms with Gasteiger partial charge in [0.25, 0.3) is 0 Å². The number of hydrogen-bond donors (Lipinski definition) is 0. The highest BCUT2D eigenvalue weighted by Crippen LogP contribution is 2.36. The summed E-state index contributed by atoms with van der Waals surface area (Å²) >= 11 is 10.2. The van der Waals surface area contributed by atoms with Crippen molar-refractivity contribution in [2.24, 2.45) is 0 Å². The summed E-state index contributed by atoms with van der Waals surface area (Å²) in [6.07, 6.45) is -4.50. The van der Waals surface area contributed by atoms with E-state index in [1.165, 1.54) is 11.6 Å². The van der Waals surface area contributed by atoms with Gasteiger partial charge in [-0.15, -0.1) is 11.3 Å².